The van der Waals surface area contributed by atoms with Crippen molar-refractivity contribution in [2.24, 2.45) is 5.92 Å². The fraction of sp³-hybridized carbons (Fsp3) is 0.600. The van der Waals surface area contributed by atoms with Crippen molar-refractivity contribution >= 4 is 0 Å². The van der Waals surface area contributed by atoms with Crippen molar-refractivity contribution in [3.05, 3.63) is 46.6 Å². The van der Waals surface area contributed by atoms with Crippen molar-refractivity contribution in [3.63, 3.8) is 0 Å². The monoisotopic (exact) mass is 288 g/mol. The lowest BCUT2D eigenvalue weighted by Crippen LogP contribution is -2.08. The summed E-state index contributed by atoms with van der Waals surface area (Å²) in [6.07, 6.45) is 13.7. The highest BCUT2D eigenvalue weighted by Gasteiger charge is 2.07. The van der Waals surface area contributed by atoms with Crippen LogP contribution < -0.4 is 0 Å². The standard InChI is InChI=1S/C20H32O/c1-15(2)19-12-9-16(3)7-6-8-18(5)20(21)14-11-17(4)10-13-19/h7-8,10,13,15,20-21H,6,9,11-12,14H2,1-5H3/b16-7-,17-10-,18-8+,19-13-. The third-order valence-corrected chi connectivity index (χ3v) is 4.38. The van der Waals surface area contributed by atoms with Crippen molar-refractivity contribution in [3.8, 4) is 0 Å². The molecule has 1 N–H and O–H groups in total. The quantitative estimate of drug-likeness (QED) is 0.611. The molecule has 118 valence electrons. The highest BCUT2D eigenvalue weighted by molar-refractivity contribution is 5.20. The van der Waals surface area contributed by atoms with Crippen molar-refractivity contribution in [2.75, 3.05) is 0 Å². The molecular formula is C20H32O. The molecule has 1 heteroatoms. The lowest BCUT2D eigenvalue weighted by molar-refractivity contribution is 0.200. The lowest BCUT2D eigenvalue weighted by Gasteiger charge is -2.14. The number of hydrogen-bond donors (Lipinski definition) is 1. The first kappa shape index (κ1) is 18.0. The van der Waals surface area contributed by atoms with Gasteiger partial charge in [-0.3, -0.25) is 0 Å². The summed E-state index contributed by atoms with van der Waals surface area (Å²) in [5.74, 6) is 0.600. The molecule has 0 amide bonds. The Morgan fingerprint density at radius 3 is 2.33 bits per heavy atom. The van der Waals surface area contributed by atoms with Crippen LogP contribution in [0.1, 0.15) is 66.7 Å². The highest BCUT2D eigenvalue weighted by atomic mass is 16.3. The van der Waals surface area contributed by atoms with E-state index in [2.05, 4.69) is 52.0 Å². The smallest absolute Gasteiger partial charge is 0.0750 e. The molecule has 0 bridgehead atoms. The maximum absolute atomic E-state index is 10.2. The average Bonchev–Trinajstić information content (AvgIpc) is 2.43. The van der Waals surface area contributed by atoms with E-state index in [-0.39, 0.29) is 6.10 Å². The Morgan fingerprint density at radius 2 is 1.67 bits per heavy atom. The van der Waals surface area contributed by atoms with Gasteiger partial charge >= 0.3 is 0 Å². The summed E-state index contributed by atoms with van der Waals surface area (Å²) in [7, 11) is 0. The predicted octanol–water partition coefficient (Wildman–Crippen LogP) is 5.73. The van der Waals surface area contributed by atoms with Crippen molar-refractivity contribution < 1.29 is 5.11 Å². The third kappa shape index (κ3) is 6.95. The normalized spacial score (nSPS) is 32.8. The van der Waals surface area contributed by atoms with E-state index in [0.29, 0.717) is 5.92 Å². The van der Waals surface area contributed by atoms with E-state index in [9.17, 15) is 5.11 Å². The topological polar surface area (TPSA) is 20.2 Å². The second-order valence-electron chi connectivity index (χ2n) is 6.70. The minimum Gasteiger partial charge on any atom is -0.389 e. The van der Waals surface area contributed by atoms with E-state index in [0.717, 1.165) is 37.7 Å². The molecule has 0 aromatic rings. The molecule has 1 aliphatic carbocycles. The van der Waals surface area contributed by atoms with E-state index in [4.69, 9.17) is 0 Å². The van der Waals surface area contributed by atoms with Gasteiger partial charge in [-0.2, -0.15) is 0 Å². The van der Waals surface area contributed by atoms with Gasteiger partial charge in [-0.1, -0.05) is 54.9 Å². The second-order valence-corrected chi connectivity index (χ2v) is 6.70. The van der Waals surface area contributed by atoms with Crippen LogP contribution in [0, 0.1) is 5.92 Å². The van der Waals surface area contributed by atoms with E-state index < -0.39 is 0 Å². The van der Waals surface area contributed by atoms with Gasteiger partial charge in [-0.15, -0.1) is 0 Å². The number of aliphatic hydroxyl groups is 1. The van der Waals surface area contributed by atoms with Crippen molar-refractivity contribution in [1.82, 2.24) is 0 Å². The molecule has 0 fully saturated rings. The van der Waals surface area contributed by atoms with Crippen LogP contribution in [0.4, 0.5) is 0 Å². The Hall–Kier alpha value is -1.08. The molecule has 0 aromatic carbocycles. The molecule has 0 heterocycles. The van der Waals surface area contributed by atoms with Gasteiger partial charge in [0.1, 0.15) is 0 Å². The molecule has 0 spiro atoms. The first-order chi connectivity index (χ1) is 9.90. The van der Waals surface area contributed by atoms with Crippen LogP contribution >= 0.6 is 0 Å². The zero-order valence-corrected chi connectivity index (χ0v) is 14.4. The van der Waals surface area contributed by atoms with Crippen LogP contribution in [0.5, 0.6) is 0 Å². The summed E-state index contributed by atoms with van der Waals surface area (Å²) < 4.78 is 0. The van der Waals surface area contributed by atoms with Gasteiger partial charge < -0.3 is 5.11 Å². The maximum atomic E-state index is 10.2. The Bertz CT molecular complexity index is 446. The Kier molecular flexibility index (Phi) is 7.74. The van der Waals surface area contributed by atoms with Crippen LogP contribution in [-0.2, 0) is 0 Å². The lowest BCUT2D eigenvalue weighted by atomic mass is 9.94. The first-order valence-corrected chi connectivity index (χ1v) is 8.26. The zero-order chi connectivity index (χ0) is 15.8. The van der Waals surface area contributed by atoms with Crippen LogP contribution in [-0.4, -0.2) is 11.2 Å². The summed E-state index contributed by atoms with van der Waals surface area (Å²) in [6, 6.07) is 0. The van der Waals surface area contributed by atoms with Gasteiger partial charge in [0.15, 0.2) is 0 Å². The Balaban J connectivity index is 2.94. The molecule has 0 radical (unpaired) electrons. The molecule has 1 unspecified atom stereocenters. The minimum absolute atomic E-state index is 0.307. The molecular weight excluding hydrogens is 256 g/mol. The fourth-order valence-electron chi connectivity index (χ4n) is 2.51. The summed E-state index contributed by atoms with van der Waals surface area (Å²) in [5.41, 5.74) is 5.41. The van der Waals surface area contributed by atoms with Crippen LogP contribution in [0.2, 0.25) is 0 Å². The van der Waals surface area contributed by atoms with Crippen molar-refractivity contribution in [1.29, 1.82) is 0 Å². The minimum atomic E-state index is -0.307. The van der Waals surface area contributed by atoms with Gasteiger partial charge in [-0.05, 0) is 64.4 Å². The molecule has 1 atom stereocenters. The highest BCUT2D eigenvalue weighted by Crippen LogP contribution is 2.21. The summed E-state index contributed by atoms with van der Waals surface area (Å²) in [4.78, 5) is 0. The molecule has 21 heavy (non-hydrogen) atoms. The molecule has 1 nitrogen and oxygen atoms in total. The SMILES string of the molecule is C/C1=C/C/C=C(\C)C(O)CC/C(C)=C\C=C(/C(C)C)CC1. The largest absolute Gasteiger partial charge is 0.389 e. The molecule has 1 rings (SSSR count). The number of hydrogen-bond acceptors (Lipinski definition) is 1. The summed E-state index contributed by atoms with van der Waals surface area (Å²) in [5, 5.41) is 10.2. The molecule has 0 saturated heterocycles. The molecule has 0 aromatic heterocycles. The van der Waals surface area contributed by atoms with Crippen LogP contribution in [0.15, 0.2) is 46.6 Å². The number of rotatable bonds is 1. The van der Waals surface area contributed by atoms with Crippen molar-refractivity contribution in [2.45, 2.75) is 72.8 Å². The average molecular weight is 288 g/mol. The van der Waals surface area contributed by atoms with Gasteiger partial charge in [-0.25, -0.2) is 0 Å². The third-order valence-electron chi connectivity index (χ3n) is 4.38. The summed E-state index contributed by atoms with van der Waals surface area (Å²) >= 11 is 0. The van der Waals surface area contributed by atoms with Gasteiger partial charge in [0.05, 0.1) is 6.10 Å². The number of aliphatic hydroxyl groups excluding tert-OH is 1. The van der Waals surface area contributed by atoms with E-state index >= 15 is 0 Å². The molecule has 0 aliphatic heterocycles. The predicted molar refractivity (Wildman–Crippen MR) is 93.3 cm³/mol. The maximum Gasteiger partial charge on any atom is 0.0750 e. The van der Waals surface area contributed by atoms with Gasteiger partial charge in [0.2, 0.25) is 0 Å². The van der Waals surface area contributed by atoms with Gasteiger partial charge in [0, 0.05) is 0 Å². The van der Waals surface area contributed by atoms with E-state index in [1.165, 1.54) is 16.7 Å². The molecule has 1 aliphatic rings. The van der Waals surface area contributed by atoms with Crippen LogP contribution in [0.25, 0.3) is 0 Å². The fourth-order valence-corrected chi connectivity index (χ4v) is 2.51. The Labute approximate surface area is 131 Å². The Morgan fingerprint density at radius 1 is 0.952 bits per heavy atom. The summed E-state index contributed by atoms with van der Waals surface area (Å²) in [6.45, 7) is 11.0. The van der Waals surface area contributed by atoms with Crippen LogP contribution in [0.3, 0.4) is 0 Å². The molecule has 0 saturated carbocycles. The zero-order valence-electron chi connectivity index (χ0n) is 14.4. The van der Waals surface area contributed by atoms with E-state index in [1.54, 1.807) is 0 Å². The van der Waals surface area contributed by atoms with Gasteiger partial charge in [0.25, 0.3) is 0 Å². The second kappa shape index (κ2) is 9.04. The number of allylic oxidation sites excluding steroid dienone is 7. The van der Waals surface area contributed by atoms with E-state index in [1.807, 2.05) is 6.92 Å². The first-order valence-electron chi connectivity index (χ1n) is 8.26.